The molecule has 3 rings (SSSR count). The molecule has 0 spiro atoms. The lowest BCUT2D eigenvalue weighted by Gasteiger charge is -2.08. The van der Waals surface area contributed by atoms with Crippen LogP contribution in [0, 0.1) is 6.92 Å². The number of nitrogens with zero attached hydrogens (tertiary/aromatic N) is 1. The third-order valence-corrected chi connectivity index (χ3v) is 3.32. The van der Waals surface area contributed by atoms with Gasteiger partial charge in [0.25, 0.3) is 0 Å². The summed E-state index contributed by atoms with van der Waals surface area (Å²) < 4.78 is 16.1. The van der Waals surface area contributed by atoms with Crippen LogP contribution in [0.2, 0.25) is 0 Å². The fourth-order valence-electron chi connectivity index (χ4n) is 2.15. The Morgan fingerprint density at radius 1 is 1.00 bits per heavy atom. The largest absolute Gasteiger partial charge is 0.497 e. The quantitative estimate of drug-likeness (QED) is 0.706. The van der Waals surface area contributed by atoms with Crippen molar-refractivity contribution in [1.29, 1.82) is 0 Å². The van der Waals surface area contributed by atoms with Crippen molar-refractivity contribution in [3.63, 3.8) is 0 Å². The molecular formula is C18H17NO3. The lowest BCUT2D eigenvalue weighted by molar-refractivity contribution is 0.305. The number of methoxy groups -OCH3 is 1. The first-order valence-corrected chi connectivity index (χ1v) is 7.04. The molecule has 0 unspecified atom stereocenters. The molecule has 2 aromatic carbocycles. The molecular weight excluding hydrogens is 278 g/mol. The van der Waals surface area contributed by atoms with Crippen LogP contribution in [0.4, 0.5) is 0 Å². The fraction of sp³-hybridized carbons (Fsp3) is 0.167. The molecule has 4 nitrogen and oxygen atoms in total. The van der Waals surface area contributed by atoms with Gasteiger partial charge in [-0.15, -0.1) is 0 Å². The Balaban J connectivity index is 1.66. The van der Waals surface area contributed by atoms with Crippen molar-refractivity contribution in [2.45, 2.75) is 13.5 Å². The van der Waals surface area contributed by atoms with E-state index in [1.807, 2.05) is 61.5 Å². The molecule has 0 amide bonds. The molecule has 1 heterocycles. The van der Waals surface area contributed by atoms with E-state index in [1.54, 1.807) is 7.11 Å². The Hall–Kier alpha value is -2.75. The molecule has 0 aliphatic carbocycles. The number of benzene rings is 2. The maximum Gasteiger partial charge on any atom is 0.134 e. The van der Waals surface area contributed by atoms with E-state index < -0.39 is 0 Å². The number of ether oxygens (including phenoxy) is 2. The van der Waals surface area contributed by atoms with Gasteiger partial charge < -0.3 is 14.0 Å². The number of aromatic nitrogens is 1. The molecule has 0 atom stereocenters. The van der Waals surface area contributed by atoms with Crippen molar-refractivity contribution in [3.05, 3.63) is 65.9 Å². The maximum atomic E-state index is 5.79. The summed E-state index contributed by atoms with van der Waals surface area (Å²) in [7, 11) is 1.66. The zero-order valence-electron chi connectivity index (χ0n) is 12.6. The summed E-state index contributed by atoms with van der Waals surface area (Å²) in [6, 6.07) is 17.6. The van der Waals surface area contributed by atoms with E-state index in [9.17, 15) is 0 Å². The van der Waals surface area contributed by atoms with Gasteiger partial charge in [0.2, 0.25) is 0 Å². The lowest BCUT2D eigenvalue weighted by Crippen LogP contribution is -1.96. The van der Waals surface area contributed by atoms with Gasteiger partial charge in [-0.3, -0.25) is 0 Å². The third kappa shape index (κ3) is 3.28. The summed E-state index contributed by atoms with van der Waals surface area (Å²) in [5, 5.41) is 4.00. The van der Waals surface area contributed by atoms with Crippen molar-refractivity contribution in [2.75, 3.05) is 7.11 Å². The monoisotopic (exact) mass is 295 g/mol. The van der Waals surface area contributed by atoms with Crippen molar-refractivity contribution >= 4 is 0 Å². The smallest absolute Gasteiger partial charge is 0.134 e. The van der Waals surface area contributed by atoms with Gasteiger partial charge in [-0.25, -0.2) is 0 Å². The summed E-state index contributed by atoms with van der Waals surface area (Å²) >= 11 is 0. The zero-order chi connectivity index (χ0) is 15.4. The van der Waals surface area contributed by atoms with Gasteiger partial charge in [0.1, 0.15) is 29.6 Å². The van der Waals surface area contributed by atoms with Gasteiger partial charge in [-0.05, 0) is 48.9 Å². The number of hydrogen-bond donors (Lipinski definition) is 0. The first-order chi connectivity index (χ1) is 10.7. The Morgan fingerprint density at radius 2 is 1.82 bits per heavy atom. The van der Waals surface area contributed by atoms with E-state index in [1.165, 1.54) is 0 Å². The number of aryl methyl sites for hydroxylation is 1. The van der Waals surface area contributed by atoms with Crippen molar-refractivity contribution < 1.29 is 14.0 Å². The minimum Gasteiger partial charge on any atom is -0.497 e. The van der Waals surface area contributed by atoms with E-state index in [2.05, 4.69) is 5.16 Å². The molecule has 0 bridgehead atoms. The van der Waals surface area contributed by atoms with E-state index in [4.69, 9.17) is 14.0 Å². The molecule has 0 saturated heterocycles. The normalized spacial score (nSPS) is 10.5. The minimum absolute atomic E-state index is 0.500. The van der Waals surface area contributed by atoms with Crippen LogP contribution in [0.5, 0.6) is 11.5 Å². The zero-order valence-corrected chi connectivity index (χ0v) is 12.6. The topological polar surface area (TPSA) is 44.5 Å². The van der Waals surface area contributed by atoms with E-state index in [0.29, 0.717) is 6.61 Å². The summed E-state index contributed by atoms with van der Waals surface area (Å²) in [6.45, 7) is 2.38. The number of rotatable bonds is 5. The van der Waals surface area contributed by atoms with Gasteiger partial charge in [0, 0.05) is 11.6 Å². The van der Waals surface area contributed by atoms with Crippen LogP contribution in [0.1, 0.15) is 11.3 Å². The highest BCUT2D eigenvalue weighted by Gasteiger charge is 2.04. The van der Waals surface area contributed by atoms with Crippen LogP contribution >= 0.6 is 0 Å². The first-order valence-electron chi connectivity index (χ1n) is 7.04. The molecule has 4 heteroatoms. The average molecular weight is 295 g/mol. The van der Waals surface area contributed by atoms with E-state index >= 15 is 0 Å². The summed E-state index contributed by atoms with van der Waals surface area (Å²) in [6.07, 6.45) is 0. The van der Waals surface area contributed by atoms with E-state index in [-0.39, 0.29) is 0 Å². The van der Waals surface area contributed by atoms with Gasteiger partial charge >= 0.3 is 0 Å². The summed E-state index contributed by atoms with van der Waals surface area (Å²) in [4.78, 5) is 0. The molecule has 0 aliphatic rings. The van der Waals surface area contributed by atoms with Crippen LogP contribution in [0.15, 0.2) is 59.1 Å². The summed E-state index contributed by atoms with van der Waals surface area (Å²) in [5.41, 5.74) is 2.90. The maximum absolute atomic E-state index is 5.79. The fourth-order valence-corrected chi connectivity index (χ4v) is 2.15. The first kappa shape index (κ1) is 14.2. The second kappa shape index (κ2) is 6.35. The lowest BCUT2D eigenvalue weighted by atomic mass is 10.1. The number of hydrogen-bond acceptors (Lipinski definition) is 4. The van der Waals surface area contributed by atoms with Crippen molar-refractivity contribution in [1.82, 2.24) is 5.16 Å². The van der Waals surface area contributed by atoms with Crippen LogP contribution in [-0.2, 0) is 6.61 Å². The van der Waals surface area contributed by atoms with Crippen LogP contribution in [0.25, 0.3) is 11.3 Å². The van der Waals surface area contributed by atoms with Crippen LogP contribution < -0.4 is 9.47 Å². The minimum atomic E-state index is 0.500. The van der Waals surface area contributed by atoms with E-state index in [0.717, 1.165) is 34.1 Å². The molecule has 3 aromatic rings. The van der Waals surface area contributed by atoms with Gasteiger partial charge in [-0.2, -0.15) is 0 Å². The second-order valence-electron chi connectivity index (χ2n) is 4.99. The molecule has 0 fully saturated rings. The molecule has 112 valence electrons. The van der Waals surface area contributed by atoms with Crippen molar-refractivity contribution in [3.8, 4) is 22.8 Å². The predicted molar refractivity (Wildman–Crippen MR) is 84.0 cm³/mol. The molecule has 0 aliphatic heterocycles. The molecule has 0 radical (unpaired) electrons. The molecule has 1 aromatic heterocycles. The van der Waals surface area contributed by atoms with Gasteiger partial charge in [-0.1, -0.05) is 17.3 Å². The van der Waals surface area contributed by atoms with Gasteiger partial charge in [0.05, 0.1) is 7.11 Å². The van der Waals surface area contributed by atoms with Crippen LogP contribution in [-0.4, -0.2) is 12.3 Å². The highest BCUT2D eigenvalue weighted by Crippen LogP contribution is 2.23. The Bertz CT molecular complexity index is 747. The Morgan fingerprint density at radius 3 is 2.50 bits per heavy atom. The average Bonchev–Trinajstić information content (AvgIpc) is 3.00. The molecule has 0 N–H and O–H groups in total. The standard InChI is InChI=1S/C18H17NO3/c1-13-10-18(19-22-13)15-6-8-16(9-7-15)21-12-14-4-3-5-17(11-14)20-2/h3-11H,12H2,1-2H3. The Labute approximate surface area is 129 Å². The SMILES string of the molecule is COc1cccc(COc2ccc(-c3cc(C)on3)cc2)c1. The van der Waals surface area contributed by atoms with Gasteiger partial charge in [0.15, 0.2) is 0 Å². The second-order valence-corrected chi connectivity index (χ2v) is 4.99. The molecule has 22 heavy (non-hydrogen) atoms. The highest BCUT2D eigenvalue weighted by atomic mass is 16.5. The van der Waals surface area contributed by atoms with Crippen LogP contribution in [0.3, 0.4) is 0 Å². The third-order valence-electron chi connectivity index (χ3n) is 3.32. The Kier molecular flexibility index (Phi) is 4.10. The highest BCUT2D eigenvalue weighted by molar-refractivity contribution is 5.59. The molecule has 0 saturated carbocycles. The predicted octanol–water partition coefficient (Wildman–Crippen LogP) is 4.24. The van der Waals surface area contributed by atoms with Crippen molar-refractivity contribution in [2.24, 2.45) is 0 Å². The summed E-state index contributed by atoms with van der Waals surface area (Å²) in [5.74, 6) is 2.44.